The third kappa shape index (κ3) is 4.40. The van der Waals surface area contributed by atoms with Gasteiger partial charge < -0.3 is 15.2 Å². The molecule has 5 heteroatoms. The minimum absolute atomic E-state index is 0.0828. The molecule has 4 rings (SSSR count). The molecule has 5 nitrogen and oxygen atoms in total. The van der Waals surface area contributed by atoms with Crippen LogP contribution in [0.1, 0.15) is 40.2 Å². The van der Waals surface area contributed by atoms with Gasteiger partial charge in [-0.3, -0.25) is 9.59 Å². The van der Waals surface area contributed by atoms with E-state index in [1.807, 2.05) is 48.5 Å². The standard InChI is InChI=1S/C24H25N3O2/c1-16-6-7-17(2)27(16)22-12-10-19(11-13-22)23(28)25-15-18-4-3-5-21(14-18)26-24(29)20-8-9-20/h3-7,10-14,20H,8-9,15H2,1-2H3,(H,25,28)(H,26,29). The molecule has 1 heterocycles. The first-order chi connectivity index (χ1) is 14.0. The molecular formula is C24H25N3O2. The first kappa shape index (κ1) is 19.0. The van der Waals surface area contributed by atoms with E-state index in [1.165, 1.54) is 0 Å². The van der Waals surface area contributed by atoms with Crippen LogP contribution in [0.25, 0.3) is 5.69 Å². The van der Waals surface area contributed by atoms with Crippen LogP contribution in [-0.4, -0.2) is 16.4 Å². The SMILES string of the molecule is Cc1ccc(C)n1-c1ccc(C(=O)NCc2cccc(NC(=O)C3CC3)c2)cc1. The molecule has 1 fully saturated rings. The van der Waals surface area contributed by atoms with E-state index in [-0.39, 0.29) is 17.7 Å². The van der Waals surface area contributed by atoms with Crippen LogP contribution in [-0.2, 0) is 11.3 Å². The van der Waals surface area contributed by atoms with E-state index in [0.717, 1.165) is 41.2 Å². The molecule has 29 heavy (non-hydrogen) atoms. The van der Waals surface area contributed by atoms with E-state index < -0.39 is 0 Å². The number of carbonyl (C=O) groups is 2. The summed E-state index contributed by atoms with van der Waals surface area (Å²) < 4.78 is 2.16. The molecule has 148 valence electrons. The lowest BCUT2D eigenvalue weighted by molar-refractivity contribution is -0.117. The molecule has 1 aromatic heterocycles. The van der Waals surface area contributed by atoms with Crippen molar-refractivity contribution in [1.82, 2.24) is 9.88 Å². The van der Waals surface area contributed by atoms with Gasteiger partial charge in [0, 0.05) is 40.8 Å². The average Bonchev–Trinajstić information content (AvgIpc) is 3.52. The molecular weight excluding hydrogens is 362 g/mol. The second-order valence-electron chi connectivity index (χ2n) is 7.64. The lowest BCUT2D eigenvalue weighted by Gasteiger charge is -2.11. The first-order valence-corrected chi connectivity index (χ1v) is 9.94. The van der Waals surface area contributed by atoms with Crippen LogP contribution in [0.3, 0.4) is 0 Å². The van der Waals surface area contributed by atoms with Crippen LogP contribution < -0.4 is 10.6 Å². The third-order valence-electron chi connectivity index (χ3n) is 5.25. The smallest absolute Gasteiger partial charge is 0.251 e. The molecule has 0 bridgehead atoms. The van der Waals surface area contributed by atoms with Crippen molar-refractivity contribution in [2.45, 2.75) is 33.2 Å². The molecule has 1 saturated carbocycles. The van der Waals surface area contributed by atoms with Gasteiger partial charge in [0.25, 0.3) is 5.91 Å². The maximum atomic E-state index is 12.5. The topological polar surface area (TPSA) is 63.1 Å². The van der Waals surface area contributed by atoms with Gasteiger partial charge in [0.1, 0.15) is 0 Å². The zero-order valence-electron chi connectivity index (χ0n) is 16.7. The zero-order valence-corrected chi connectivity index (χ0v) is 16.7. The van der Waals surface area contributed by atoms with Crippen LogP contribution in [0.15, 0.2) is 60.7 Å². The van der Waals surface area contributed by atoms with Gasteiger partial charge in [0.05, 0.1) is 0 Å². The van der Waals surface area contributed by atoms with Crippen molar-refractivity contribution in [2.75, 3.05) is 5.32 Å². The highest BCUT2D eigenvalue weighted by Gasteiger charge is 2.29. The molecule has 0 unspecified atom stereocenters. The number of amides is 2. The number of benzene rings is 2. The van der Waals surface area contributed by atoms with Crippen molar-refractivity contribution >= 4 is 17.5 Å². The Morgan fingerprint density at radius 2 is 1.66 bits per heavy atom. The normalized spacial score (nSPS) is 13.2. The number of nitrogens with one attached hydrogen (secondary N) is 2. The van der Waals surface area contributed by atoms with Crippen LogP contribution in [0, 0.1) is 19.8 Å². The number of rotatable bonds is 6. The van der Waals surface area contributed by atoms with Gasteiger partial charge >= 0.3 is 0 Å². The van der Waals surface area contributed by atoms with Gasteiger partial charge in [0.15, 0.2) is 0 Å². The van der Waals surface area contributed by atoms with Crippen molar-refractivity contribution < 1.29 is 9.59 Å². The summed E-state index contributed by atoms with van der Waals surface area (Å²) in [6.45, 7) is 4.53. The number of nitrogens with zero attached hydrogens (tertiary/aromatic N) is 1. The van der Waals surface area contributed by atoms with Gasteiger partial charge in [0.2, 0.25) is 5.91 Å². The number of anilines is 1. The Morgan fingerprint density at radius 3 is 2.31 bits per heavy atom. The van der Waals surface area contributed by atoms with Crippen LogP contribution in [0.5, 0.6) is 0 Å². The van der Waals surface area contributed by atoms with Crippen LogP contribution in [0.4, 0.5) is 5.69 Å². The highest BCUT2D eigenvalue weighted by atomic mass is 16.2. The highest BCUT2D eigenvalue weighted by Crippen LogP contribution is 2.30. The maximum Gasteiger partial charge on any atom is 0.251 e. The molecule has 0 spiro atoms. The molecule has 0 saturated heterocycles. The number of carbonyl (C=O) groups excluding carboxylic acids is 2. The van der Waals surface area contributed by atoms with Crippen molar-refractivity contribution in [3.8, 4) is 5.69 Å². The summed E-state index contributed by atoms with van der Waals surface area (Å²) in [5, 5.41) is 5.89. The molecule has 2 N–H and O–H groups in total. The number of hydrogen-bond acceptors (Lipinski definition) is 2. The summed E-state index contributed by atoms with van der Waals surface area (Å²) in [4.78, 5) is 24.4. The summed E-state index contributed by atoms with van der Waals surface area (Å²) in [5.74, 6) is 0.129. The minimum Gasteiger partial charge on any atom is -0.348 e. The fourth-order valence-corrected chi connectivity index (χ4v) is 3.47. The predicted octanol–water partition coefficient (Wildman–Crippen LogP) is 4.37. The molecule has 2 amide bonds. The average molecular weight is 387 g/mol. The number of aromatic nitrogens is 1. The van der Waals surface area contributed by atoms with Gasteiger partial charge in [-0.15, -0.1) is 0 Å². The van der Waals surface area contributed by atoms with E-state index in [1.54, 1.807) is 0 Å². The largest absolute Gasteiger partial charge is 0.348 e. The van der Waals surface area contributed by atoms with Gasteiger partial charge in [-0.05, 0) is 80.8 Å². The van der Waals surface area contributed by atoms with Gasteiger partial charge in [-0.25, -0.2) is 0 Å². The van der Waals surface area contributed by atoms with Gasteiger partial charge in [-0.2, -0.15) is 0 Å². The Hall–Kier alpha value is -3.34. The van der Waals surface area contributed by atoms with E-state index in [9.17, 15) is 9.59 Å². The molecule has 1 aliphatic carbocycles. The highest BCUT2D eigenvalue weighted by molar-refractivity contribution is 5.95. The van der Waals surface area contributed by atoms with Crippen molar-refractivity contribution in [3.05, 3.63) is 83.2 Å². The first-order valence-electron chi connectivity index (χ1n) is 9.94. The summed E-state index contributed by atoms with van der Waals surface area (Å²) in [6, 6.07) is 19.4. The number of hydrogen-bond donors (Lipinski definition) is 2. The third-order valence-corrected chi connectivity index (χ3v) is 5.25. The fraction of sp³-hybridized carbons (Fsp3) is 0.250. The molecule has 0 aliphatic heterocycles. The maximum absolute atomic E-state index is 12.5. The lowest BCUT2D eigenvalue weighted by Crippen LogP contribution is -2.23. The monoisotopic (exact) mass is 387 g/mol. The summed E-state index contributed by atoms with van der Waals surface area (Å²) >= 11 is 0. The zero-order chi connectivity index (χ0) is 20.4. The molecule has 1 aliphatic rings. The molecule has 3 aromatic rings. The minimum atomic E-state index is -0.120. The Labute approximate surface area is 170 Å². The fourth-order valence-electron chi connectivity index (χ4n) is 3.47. The van der Waals surface area contributed by atoms with Crippen molar-refractivity contribution in [3.63, 3.8) is 0 Å². The number of aryl methyl sites for hydroxylation is 2. The van der Waals surface area contributed by atoms with Crippen molar-refractivity contribution in [2.24, 2.45) is 5.92 Å². The second kappa shape index (κ2) is 7.95. The van der Waals surface area contributed by atoms with Crippen molar-refractivity contribution in [1.29, 1.82) is 0 Å². The predicted molar refractivity (Wildman–Crippen MR) is 114 cm³/mol. The molecule has 2 aromatic carbocycles. The summed E-state index contributed by atoms with van der Waals surface area (Å²) in [7, 11) is 0. The van der Waals surface area contributed by atoms with Crippen LogP contribution in [0.2, 0.25) is 0 Å². The quantitative estimate of drug-likeness (QED) is 0.660. The summed E-state index contributed by atoms with van der Waals surface area (Å²) in [5.41, 5.74) is 5.70. The second-order valence-corrected chi connectivity index (χ2v) is 7.64. The van der Waals surface area contributed by atoms with E-state index >= 15 is 0 Å². The van der Waals surface area contributed by atoms with E-state index in [0.29, 0.717) is 12.1 Å². The lowest BCUT2D eigenvalue weighted by atomic mass is 10.1. The summed E-state index contributed by atoms with van der Waals surface area (Å²) in [6.07, 6.45) is 1.95. The Morgan fingerprint density at radius 1 is 0.966 bits per heavy atom. The Balaban J connectivity index is 1.38. The Bertz CT molecular complexity index is 1030. The van der Waals surface area contributed by atoms with E-state index in [4.69, 9.17) is 0 Å². The van der Waals surface area contributed by atoms with Gasteiger partial charge in [-0.1, -0.05) is 12.1 Å². The van der Waals surface area contributed by atoms with Crippen LogP contribution >= 0.6 is 0 Å². The Kier molecular flexibility index (Phi) is 5.21. The molecule has 0 atom stereocenters. The van der Waals surface area contributed by atoms with E-state index in [2.05, 4.69) is 41.2 Å². The molecule has 0 radical (unpaired) electrons.